The molecule has 0 aromatic carbocycles. The third-order valence-corrected chi connectivity index (χ3v) is 17.8. The number of esters is 1. The Balaban J connectivity index is 1.13. The Morgan fingerprint density at radius 2 is 1.61 bits per heavy atom. The van der Waals surface area contributed by atoms with Gasteiger partial charge in [-0.25, -0.2) is 0 Å². The first-order valence-electron chi connectivity index (χ1n) is 21.4. The van der Waals surface area contributed by atoms with Crippen LogP contribution in [0.15, 0.2) is 11.6 Å². The average molecular weight is 758 g/mol. The van der Waals surface area contributed by atoms with E-state index in [0.29, 0.717) is 24.9 Å². The molecule has 4 N–H and O–H groups in total. The van der Waals surface area contributed by atoms with Gasteiger partial charge in [0.2, 0.25) is 6.29 Å². The van der Waals surface area contributed by atoms with Crippen molar-refractivity contribution in [2.75, 3.05) is 26.2 Å². The predicted octanol–water partition coefficient (Wildman–Crippen LogP) is 5.77. The molecule has 0 spiro atoms. The zero-order chi connectivity index (χ0) is 39.1. The zero-order valence-electron chi connectivity index (χ0n) is 34.2. The van der Waals surface area contributed by atoms with E-state index in [1.807, 2.05) is 0 Å². The lowest BCUT2D eigenvalue weighted by atomic mass is 9.33. The fourth-order valence-electron chi connectivity index (χ4n) is 14.4. The van der Waals surface area contributed by atoms with E-state index in [4.69, 9.17) is 14.2 Å². The van der Waals surface area contributed by atoms with Crippen LogP contribution in [0.2, 0.25) is 0 Å². The molecular formula is C44H71NO9. The number of rotatable bonds is 8. The van der Waals surface area contributed by atoms with Crippen LogP contribution < -0.4 is 0 Å². The predicted molar refractivity (Wildman–Crippen MR) is 204 cm³/mol. The zero-order valence-corrected chi connectivity index (χ0v) is 34.2. The van der Waals surface area contributed by atoms with Crippen molar-refractivity contribution in [3.63, 3.8) is 0 Å². The van der Waals surface area contributed by atoms with Crippen molar-refractivity contribution >= 4 is 12.4 Å². The summed E-state index contributed by atoms with van der Waals surface area (Å²) in [6.45, 7) is 20.5. The lowest BCUT2D eigenvalue weighted by molar-refractivity contribution is -0.308. The van der Waals surface area contributed by atoms with Gasteiger partial charge in [0.05, 0.1) is 11.5 Å². The van der Waals surface area contributed by atoms with Crippen molar-refractivity contribution in [2.24, 2.45) is 56.2 Å². The molecule has 0 amide bonds. The Bertz CT molecular complexity index is 1440. The quantitative estimate of drug-likeness (QED) is 0.137. The van der Waals surface area contributed by atoms with Gasteiger partial charge in [-0.1, -0.05) is 66.5 Å². The van der Waals surface area contributed by atoms with Crippen LogP contribution in [0.4, 0.5) is 0 Å². The van der Waals surface area contributed by atoms with Crippen molar-refractivity contribution in [3.05, 3.63) is 11.6 Å². The highest BCUT2D eigenvalue weighted by molar-refractivity contribution is 5.78. The molecule has 2 aliphatic heterocycles. The van der Waals surface area contributed by atoms with Crippen molar-refractivity contribution in [1.82, 2.24) is 4.90 Å². The van der Waals surface area contributed by atoms with E-state index in [1.165, 1.54) is 24.8 Å². The minimum atomic E-state index is -1.62. The van der Waals surface area contributed by atoms with Gasteiger partial charge >= 0.3 is 5.97 Å². The number of nitrogens with zero attached hydrogens (tertiary/aromatic N) is 1. The van der Waals surface area contributed by atoms with Gasteiger partial charge in [-0.2, -0.15) is 0 Å². The van der Waals surface area contributed by atoms with Crippen LogP contribution in [-0.4, -0.2) is 101 Å². The Morgan fingerprint density at radius 1 is 0.907 bits per heavy atom. The molecule has 2 saturated heterocycles. The summed E-state index contributed by atoms with van der Waals surface area (Å²) in [7, 11) is 0. The van der Waals surface area contributed by atoms with Gasteiger partial charge in [0.15, 0.2) is 0 Å². The average Bonchev–Trinajstić information content (AvgIpc) is 3.12. The molecule has 0 bridgehead atoms. The van der Waals surface area contributed by atoms with Gasteiger partial charge in [-0.15, -0.1) is 0 Å². The second-order valence-electron chi connectivity index (χ2n) is 21.0. The maximum absolute atomic E-state index is 14.4. The fraction of sp³-hybridized carbons (Fsp3) is 0.909. The molecule has 14 atom stereocenters. The van der Waals surface area contributed by atoms with Crippen LogP contribution >= 0.6 is 0 Å². The van der Waals surface area contributed by atoms with Crippen LogP contribution in [0, 0.1) is 56.2 Å². The summed E-state index contributed by atoms with van der Waals surface area (Å²) in [6.07, 6.45) is 7.27. The summed E-state index contributed by atoms with van der Waals surface area (Å²) in [5.74, 6) is 0.706. The number of aliphatic hydroxyl groups excluding tert-OH is 4. The van der Waals surface area contributed by atoms with E-state index >= 15 is 0 Å². The third kappa shape index (κ3) is 6.25. The first-order chi connectivity index (χ1) is 25.4. The molecule has 7 aliphatic rings. The van der Waals surface area contributed by atoms with E-state index in [0.717, 1.165) is 77.4 Å². The van der Waals surface area contributed by atoms with Crippen molar-refractivity contribution in [1.29, 1.82) is 0 Å². The Hall–Kier alpha value is -1.56. The molecule has 6 fully saturated rings. The molecule has 306 valence electrons. The normalized spacial score (nSPS) is 47.8. The van der Waals surface area contributed by atoms with E-state index in [9.17, 15) is 30.0 Å². The third-order valence-electron chi connectivity index (χ3n) is 17.8. The molecule has 0 aromatic rings. The molecule has 5 aliphatic carbocycles. The molecule has 4 saturated carbocycles. The molecule has 0 radical (unpaired) electrons. The summed E-state index contributed by atoms with van der Waals surface area (Å²) in [4.78, 5) is 28.0. The second-order valence-corrected chi connectivity index (χ2v) is 21.0. The van der Waals surface area contributed by atoms with Crippen LogP contribution in [-0.2, 0) is 23.8 Å². The highest BCUT2D eigenvalue weighted by atomic mass is 16.7. The number of ether oxygens (including phenoxy) is 3. The number of hydrogen-bond donors (Lipinski definition) is 4. The molecule has 10 nitrogen and oxygen atoms in total. The second kappa shape index (κ2) is 14.4. The van der Waals surface area contributed by atoms with E-state index in [-0.39, 0.29) is 51.4 Å². The summed E-state index contributed by atoms with van der Waals surface area (Å²) in [6, 6.07) is 0. The molecule has 7 rings (SSSR count). The maximum Gasteiger partial charge on any atom is 0.312 e. The summed E-state index contributed by atoms with van der Waals surface area (Å²) in [5.41, 5.74) is 0.898. The highest BCUT2D eigenvalue weighted by Gasteiger charge is 2.70. The number of likely N-dealkylation sites (tertiary alicyclic amines) is 1. The number of aliphatic hydroxyl groups is 4. The maximum atomic E-state index is 14.4. The number of carbonyl (C=O) groups excluding carboxylic acids is 2. The van der Waals surface area contributed by atoms with Gasteiger partial charge < -0.3 is 34.6 Å². The van der Waals surface area contributed by atoms with Crippen molar-refractivity contribution < 1.29 is 44.2 Å². The number of hydrogen-bond acceptors (Lipinski definition) is 10. The standard InChI is InChI=1S/C44H71NO9/c1-39(2)17-19-44(38(51)52-24-23-45-21-9-8-10-22-45)20-18-42(6)27(29(44)25-39)11-12-31-41(5)15-13-28(40(3,4)30(41)14-16-43(31,42)7)32(47)36-34(49)33(48)35(50)37(54-36)53-26-46/h11,26,28-37,47-50H,8-10,12-25H2,1-7H3/t28-,29?,30?,31?,32+,33-,34?,35+,36+,37?,41+,42-,43-,44+/m1/s1. The van der Waals surface area contributed by atoms with Crippen LogP contribution in [0.1, 0.15) is 132 Å². The monoisotopic (exact) mass is 758 g/mol. The van der Waals surface area contributed by atoms with Crippen molar-refractivity contribution in [2.45, 2.75) is 169 Å². The number of allylic oxidation sites excluding steroid dienone is 2. The van der Waals surface area contributed by atoms with Gasteiger partial charge in [-0.05, 0) is 141 Å². The summed E-state index contributed by atoms with van der Waals surface area (Å²) in [5, 5.41) is 43.8. The number of fused-ring (bicyclic) bond motifs is 7. The first-order valence-corrected chi connectivity index (χ1v) is 21.4. The molecule has 54 heavy (non-hydrogen) atoms. The number of piperidine rings is 1. The number of carbonyl (C=O) groups is 2. The lowest BCUT2D eigenvalue weighted by Gasteiger charge is -2.71. The van der Waals surface area contributed by atoms with E-state index in [2.05, 4.69) is 59.4 Å². The van der Waals surface area contributed by atoms with Gasteiger partial charge in [0.1, 0.15) is 31.0 Å². The lowest BCUT2D eigenvalue weighted by Crippen LogP contribution is -2.67. The fourth-order valence-corrected chi connectivity index (χ4v) is 14.4. The van der Waals surface area contributed by atoms with Crippen LogP contribution in [0.25, 0.3) is 0 Å². The largest absolute Gasteiger partial charge is 0.464 e. The van der Waals surface area contributed by atoms with Crippen molar-refractivity contribution in [3.8, 4) is 0 Å². The van der Waals surface area contributed by atoms with E-state index in [1.54, 1.807) is 0 Å². The summed E-state index contributed by atoms with van der Waals surface area (Å²) >= 11 is 0. The van der Waals surface area contributed by atoms with Gasteiger partial charge in [0.25, 0.3) is 6.47 Å². The summed E-state index contributed by atoms with van der Waals surface area (Å²) < 4.78 is 17.0. The minimum Gasteiger partial charge on any atom is -0.464 e. The molecule has 10 heteroatoms. The molecule has 0 aromatic heterocycles. The minimum absolute atomic E-state index is 0.00355. The van der Waals surface area contributed by atoms with Crippen LogP contribution in [0.5, 0.6) is 0 Å². The molecule has 5 unspecified atom stereocenters. The molecule has 2 heterocycles. The Morgan fingerprint density at radius 3 is 2.31 bits per heavy atom. The Labute approximate surface area is 323 Å². The highest BCUT2D eigenvalue weighted by Crippen LogP contribution is 2.76. The van der Waals surface area contributed by atoms with E-state index < -0.39 is 42.2 Å². The topological polar surface area (TPSA) is 146 Å². The molecular weight excluding hydrogens is 686 g/mol. The SMILES string of the molecule is CC1(C)CC[C@]2(C(=O)OCCN3CCCCC3)CC[C@]3(C)C(=CCC4[C@@]5(C)CC[C@H]([C@H](O)[C@@H]6OC(OC=O)[C@@H](O)[C@H](O)C6O)C(C)(C)C5CC[C@]43C)C2C1. The van der Waals surface area contributed by atoms with Crippen LogP contribution in [0.3, 0.4) is 0 Å². The van der Waals surface area contributed by atoms with Gasteiger partial charge in [0, 0.05) is 6.54 Å². The smallest absolute Gasteiger partial charge is 0.312 e. The first kappa shape index (κ1) is 40.6. The van der Waals surface area contributed by atoms with Gasteiger partial charge in [-0.3, -0.25) is 14.5 Å². The Kier molecular flexibility index (Phi) is 10.8.